The van der Waals surface area contributed by atoms with Crippen LogP contribution in [-0.2, 0) is 4.79 Å². The van der Waals surface area contributed by atoms with Gasteiger partial charge in [0, 0.05) is 18.9 Å². The van der Waals surface area contributed by atoms with Gasteiger partial charge in [0.25, 0.3) is 5.91 Å². The summed E-state index contributed by atoms with van der Waals surface area (Å²) in [7, 11) is 0. The lowest BCUT2D eigenvalue weighted by molar-refractivity contribution is -0.135. The second kappa shape index (κ2) is 9.22. The van der Waals surface area contributed by atoms with Gasteiger partial charge in [0.2, 0.25) is 0 Å². The molecule has 0 spiro atoms. The molecule has 1 aromatic rings. The molecular weight excluding hydrogens is 224 g/mol. The predicted octanol–water partition coefficient (Wildman–Crippen LogP) is -0.354. The molecule has 0 radical (unpaired) electrons. The van der Waals surface area contributed by atoms with Gasteiger partial charge in [-0.1, -0.05) is 6.92 Å². The zero-order chi connectivity index (χ0) is 13.1. The molecule has 17 heavy (non-hydrogen) atoms. The second-order valence-corrected chi connectivity index (χ2v) is 2.94. The molecule has 0 aliphatic rings. The molecule has 0 aliphatic heterocycles. The predicted molar refractivity (Wildman–Crippen MR) is 61.3 cm³/mol. The Kier molecular flexibility index (Phi) is 8.13. The number of carbonyl (C=O) groups excluding carboxylic acids is 1. The third-order valence-electron chi connectivity index (χ3n) is 1.51. The minimum Gasteiger partial charge on any atom is -0.480 e. The number of aliphatic carboxylic acids is 1. The monoisotopic (exact) mass is 240 g/mol. The summed E-state index contributed by atoms with van der Waals surface area (Å²) in [5.74, 6) is -1.13. The molecule has 0 unspecified atom stereocenters. The van der Waals surface area contributed by atoms with Gasteiger partial charge in [0.1, 0.15) is 5.69 Å². The van der Waals surface area contributed by atoms with Crippen molar-refractivity contribution in [1.29, 1.82) is 0 Å². The quantitative estimate of drug-likeness (QED) is 0.661. The number of carboxylic acid groups (broad SMARTS) is 1. The average Bonchev–Trinajstić information content (AvgIpc) is 2.37. The third kappa shape index (κ3) is 7.86. The van der Waals surface area contributed by atoms with E-state index in [4.69, 9.17) is 5.11 Å². The van der Waals surface area contributed by atoms with Crippen LogP contribution >= 0.6 is 0 Å². The molecule has 4 N–H and O–H groups in total. The largest absolute Gasteiger partial charge is 0.480 e. The number of hydrogen-bond acceptors (Lipinski definition) is 5. The highest BCUT2D eigenvalue weighted by Gasteiger charge is 2.03. The fourth-order valence-electron chi connectivity index (χ4n) is 0.745. The standard InChI is InChI=1S/C8H11N3O.C2H5NO2/c1-2-3-11-8(12)7-6-9-4-5-10-7;3-1-2(4)5/h4-6H,2-3H2,1H3,(H,11,12);1,3H2,(H,4,5). The van der Waals surface area contributed by atoms with Crippen LogP contribution in [-0.4, -0.2) is 40.0 Å². The van der Waals surface area contributed by atoms with Crippen molar-refractivity contribution in [1.82, 2.24) is 15.3 Å². The van der Waals surface area contributed by atoms with Gasteiger partial charge >= 0.3 is 5.97 Å². The molecule has 7 nitrogen and oxygen atoms in total. The highest BCUT2D eigenvalue weighted by Crippen LogP contribution is 1.88. The average molecular weight is 240 g/mol. The molecule has 94 valence electrons. The van der Waals surface area contributed by atoms with Gasteiger partial charge in [-0.05, 0) is 6.42 Å². The smallest absolute Gasteiger partial charge is 0.317 e. The van der Waals surface area contributed by atoms with Crippen molar-refractivity contribution in [2.45, 2.75) is 13.3 Å². The normalized spacial score (nSPS) is 8.82. The van der Waals surface area contributed by atoms with E-state index in [0.29, 0.717) is 12.2 Å². The SMILES string of the molecule is CCCNC(=O)c1cnccn1.NCC(=O)O. The van der Waals surface area contributed by atoms with Crippen molar-refractivity contribution in [3.63, 3.8) is 0 Å². The van der Waals surface area contributed by atoms with Gasteiger partial charge < -0.3 is 16.2 Å². The van der Waals surface area contributed by atoms with E-state index in [1.165, 1.54) is 18.6 Å². The summed E-state index contributed by atoms with van der Waals surface area (Å²) in [4.78, 5) is 28.1. The second-order valence-electron chi connectivity index (χ2n) is 2.94. The fourth-order valence-corrected chi connectivity index (χ4v) is 0.745. The molecule has 0 fully saturated rings. The maximum absolute atomic E-state index is 11.2. The first-order valence-electron chi connectivity index (χ1n) is 5.07. The molecule has 1 aromatic heterocycles. The Hall–Kier alpha value is -2.02. The van der Waals surface area contributed by atoms with Crippen LogP contribution in [0.4, 0.5) is 0 Å². The molecule has 0 bridgehead atoms. The van der Waals surface area contributed by atoms with E-state index in [-0.39, 0.29) is 12.5 Å². The maximum atomic E-state index is 11.2. The van der Waals surface area contributed by atoms with Crippen molar-refractivity contribution in [2.24, 2.45) is 5.73 Å². The topological polar surface area (TPSA) is 118 Å². The summed E-state index contributed by atoms with van der Waals surface area (Å²) in [6, 6.07) is 0. The van der Waals surface area contributed by atoms with Gasteiger partial charge in [-0.25, -0.2) is 4.98 Å². The fraction of sp³-hybridized carbons (Fsp3) is 0.400. The minimum atomic E-state index is -0.968. The van der Waals surface area contributed by atoms with Gasteiger partial charge in [-0.3, -0.25) is 14.6 Å². The summed E-state index contributed by atoms with van der Waals surface area (Å²) >= 11 is 0. The van der Waals surface area contributed by atoms with Crippen LogP contribution < -0.4 is 11.1 Å². The van der Waals surface area contributed by atoms with E-state index in [1.807, 2.05) is 6.92 Å². The van der Waals surface area contributed by atoms with E-state index in [1.54, 1.807) is 0 Å². The van der Waals surface area contributed by atoms with E-state index >= 15 is 0 Å². The van der Waals surface area contributed by atoms with E-state index < -0.39 is 5.97 Å². The lowest BCUT2D eigenvalue weighted by atomic mass is 10.4. The Bertz CT molecular complexity index is 343. The maximum Gasteiger partial charge on any atom is 0.317 e. The summed E-state index contributed by atoms with van der Waals surface area (Å²) in [6.45, 7) is 2.40. The highest BCUT2D eigenvalue weighted by atomic mass is 16.4. The Morgan fingerprint density at radius 1 is 1.47 bits per heavy atom. The number of nitrogens with one attached hydrogen (secondary N) is 1. The van der Waals surface area contributed by atoms with Crippen LogP contribution in [0.25, 0.3) is 0 Å². The molecule has 0 aromatic carbocycles. The number of amides is 1. The Labute approximate surface area is 99.1 Å². The zero-order valence-corrected chi connectivity index (χ0v) is 9.59. The van der Waals surface area contributed by atoms with E-state index in [2.05, 4.69) is 21.0 Å². The van der Waals surface area contributed by atoms with Crippen molar-refractivity contribution in [3.8, 4) is 0 Å². The molecule has 0 atom stereocenters. The van der Waals surface area contributed by atoms with Gasteiger partial charge in [0.15, 0.2) is 0 Å². The number of carbonyl (C=O) groups is 2. The summed E-state index contributed by atoms with van der Waals surface area (Å²) in [5.41, 5.74) is 4.94. The number of carboxylic acids is 1. The Morgan fingerprint density at radius 2 is 2.12 bits per heavy atom. The molecule has 0 aliphatic carbocycles. The third-order valence-corrected chi connectivity index (χ3v) is 1.51. The first-order valence-corrected chi connectivity index (χ1v) is 5.07. The van der Waals surface area contributed by atoms with Crippen molar-refractivity contribution in [2.75, 3.05) is 13.1 Å². The molecule has 1 heterocycles. The van der Waals surface area contributed by atoms with Crippen LogP contribution in [0.1, 0.15) is 23.8 Å². The lowest BCUT2D eigenvalue weighted by Gasteiger charge is -2.00. The van der Waals surface area contributed by atoms with Crippen LogP contribution in [0.5, 0.6) is 0 Å². The van der Waals surface area contributed by atoms with Gasteiger partial charge in [-0.2, -0.15) is 0 Å². The van der Waals surface area contributed by atoms with Crippen molar-refractivity contribution < 1.29 is 14.7 Å². The molecule has 1 amide bonds. The highest BCUT2D eigenvalue weighted by molar-refractivity contribution is 5.91. The van der Waals surface area contributed by atoms with Crippen LogP contribution in [0.3, 0.4) is 0 Å². The van der Waals surface area contributed by atoms with Gasteiger partial charge in [0.05, 0.1) is 12.7 Å². The summed E-state index contributed by atoms with van der Waals surface area (Å²) in [5, 5.41) is 10.3. The van der Waals surface area contributed by atoms with Crippen LogP contribution in [0, 0.1) is 0 Å². The summed E-state index contributed by atoms with van der Waals surface area (Å²) in [6.07, 6.45) is 5.41. The Morgan fingerprint density at radius 3 is 2.53 bits per heavy atom. The van der Waals surface area contributed by atoms with E-state index in [0.717, 1.165) is 6.42 Å². The number of nitrogens with zero attached hydrogens (tertiary/aromatic N) is 2. The first kappa shape index (κ1) is 15.0. The molecular formula is C10H16N4O3. The minimum absolute atomic E-state index is 0.162. The number of hydrogen-bond donors (Lipinski definition) is 3. The zero-order valence-electron chi connectivity index (χ0n) is 9.59. The number of rotatable bonds is 4. The number of nitrogens with two attached hydrogens (primary N) is 1. The van der Waals surface area contributed by atoms with Crippen LogP contribution in [0.2, 0.25) is 0 Å². The van der Waals surface area contributed by atoms with E-state index in [9.17, 15) is 9.59 Å². The van der Waals surface area contributed by atoms with Crippen molar-refractivity contribution >= 4 is 11.9 Å². The van der Waals surface area contributed by atoms with Crippen LogP contribution in [0.15, 0.2) is 18.6 Å². The lowest BCUT2D eigenvalue weighted by Crippen LogP contribution is -2.24. The van der Waals surface area contributed by atoms with Crippen molar-refractivity contribution in [3.05, 3.63) is 24.3 Å². The number of aromatic nitrogens is 2. The summed E-state index contributed by atoms with van der Waals surface area (Å²) < 4.78 is 0. The Balaban J connectivity index is 0.000000437. The molecule has 1 rings (SSSR count). The molecule has 0 saturated carbocycles. The molecule has 0 saturated heterocycles. The molecule has 7 heteroatoms. The first-order chi connectivity index (χ1) is 8.11. The van der Waals surface area contributed by atoms with Gasteiger partial charge in [-0.15, -0.1) is 0 Å².